The minimum Gasteiger partial charge on any atom is -0.352 e. The van der Waals surface area contributed by atoms with Gasteiger partial charge in [0.25, 0.3) is 0 Å². The second kappa shape index (κ2) is 4.71. The van der Waals surface area contributed by atoms with Crippen molar-refractivity contribution in [3.8, 4) is 0 Å². The van der Waals surface area contributed by atoms with Crippen molar-refractivity contribution in [2.24, 2.45) is 5.73 Å². The van der Waals surface area contributed by atoms with Gasteiger partial charge in [-0.15, -0.1) is 12.4 Å². The number of carbonyl (C=O) groups excluding carboxylic acids is 1. The van der Waals surface area contributed by atoms with Crippen molar-refractivity contribution in [3.63, 3.8) is 0 Å². The Morgan fingerprint density at radius 2 is 2.00 bits per heavy atom. The summed E-state index contributed by atoms with van der Waals surface area (Å²) in [5.74, 6) is 0. The summed E-state index contributed by atoms with van der Waals surface area (Å²) in [5, 5.41) is 2.44. The summed E-state index contributed by atoms with van der Waals surface area (Å²) < 4.78 is 0. The largest absolute Gasteiger partial charge is 0.352 e. The van der Waals surface area contributed by atoms with E-state index in [4.69, 9.17) is 5.73 Å². The van der Waals surface area contributed by atoms with Crippen LogP contribution in [0.15, 0.2) is 0 Å². The summed E-state index contributed by atoms with van der Waals surface area (Å²) >= 11 is 0. The highest BCUT2D eigenvalue weighted by Crippen LogP contribution is 1.71. The molecule has 0 saturated carbocycles. The highest BCUT2D eigenvalue weighted by Gasteiger charge is 1.91. The third kappa shape index (κ3) is 9.12. The molecule has 0 heterocycles. The van der Waals surface area contributed by atoms with Crippen molar-refractivity contribution >= 4 is 18.4 Å². The van der Waals surface area contributed by atoms with E-state index in [2.05, 4.69) is 5.32 Å². The van der Waals surface area contributed by atoms with Crippen molar-refractivity contribution in [1.29, 1.82) is 0 Å². The number of carbonyl (C=O) groups is 1. The van der Waals surface area contributed by atoms with E-state index in [9.17, 15) is 4.79 Å². The molecule has 0 radical (unpaired) electrons. The van der Waals surface area contributed by atoms with Crippen LogP contribution in [-0.4, -0.2) is 12.1 Å². The quantitative estimate of drug-likeness (QED) is 0.544. The van der Waals surface area contributed by atoms with Crippen LogP contribution in [0, 0.1) is 0 Å². The smallest absolute Gasteiger partial charge is 0.312 e. The maximum Gasteiger partial charge on any atom is 0.312 e. The Kier molecular flexibility index (Phi) is 6.20. The van der Waals surface area contributed by atoms with E-state index < -0.39 is 6.03 Å². The SMILES string of the molecule is CC(C)NC(N)=O.Cl. The first kappa shape index (κ1) is 10.5. The molecule has 0 saturated heterocycles. The minimum atomic E-state index is -0.463. The van der Waals surface area contributed by atoms with Gasteiger partial charge in [0.15, 0.2) is 0 Å². The Morgan fingerprint density at radius 1 is 1.62 bits per heavy atom. The van der Waals surface area contributed by atoms with Gasteiger partial charge in [-0.25, -0.2) is 4.79 Å². The number of rotatable bonds is 1. The summed E-state index contributed by atoms with van der Waals surface area (Å²) in [6, 6.07) is -0.312. The number of urea groups is 1. The van der Waals surface area contributed by atoms with Crippen LogP contribution >= 0.6 is 12.4 Å². The first-order valence-electron chi connectivity index (χ1n) is 2.19. The van der Waals surface area contributed by atoms with Crippen molar-refractivity contribution in [2.45, 2.75) is 19.9 Å². The fraction of sp³-hybridized carbons (Fsp3) is 0.750. The Balaban J connectivity index is 0. The van der Waals surface area contributed by atoms with Crippen molar-refractivity contribution < 1.29 is 4.79 Å². The number of hydrogen-bond donors (Lipinski definition) is 2. The summed E-state index contributed by atoms with van der Waals surface area (Å²) in [6.07, 6.45) is 0. The van der Waals surface area contributed by atoms with E-state index in [1.165, 1.54) is 0 Å². The lowest BCUT2D eigenvalue weighted by atomic mass is 10.4. The molecule has 4 heteroatoms. The molecule has 0 aromatic heterocycles. The molecule has 3 N–H and O–H groups in total. The van der Waals surface area contributed by atoms with Crippen LogP contribution in [0.2, 0.25) is 0 Å². The zero-order valence-electron chi connectivity index (χ0n) is 4.97. The van der Waals surface area contributed by atoms with Crippen LogP contribution < -0.4 is 11.1 Å². The van der Waals surface area contributed by atoms with Crippen LogP contribution in [0.4, 0.5) is 4.79 Å². The first-order chi connectivity index (χ1) is 3.13. The van der Waals surface area contributed by atoms with Gasteiger partial charge < -0.3 is 11.1 Å². The lowest BCUT2D eigenvalue weighted by Gasteiger charge is -2.01. The molecular weight excluding hydrogens is 128 g/mol. The van der Waals surface area contributed by atoms with E-state index in [1.54, 1.807) is 0 Å². The van der Waals surface area contributed by atoms with Crippen LogP contribution in [0.25, 0.3) is 0 Å². The molecule has 0 aliphatic rings. The summed E-state index contributed by atoms with van der Waals surface area (Å²) in [7, 11) is 0. The Hall–Kier alpha value is -0.440. The van der Waals surface area contributed by atoms with Gasteiger partial charge in [-0.2, -0.15) is 0 Å². The topological polar surface area (TPSA) is 55.1 Å². The molecule has 0 bridgehead atoms. The van der Waals surface area contributed by atoms with Gasteiger partial charge in [0.1, 0.15) is 0 Å². The lowest BCUT2D eigenvalue weighted by molar-refractivity contribution is 0.247. The second-order valence-electron chi connectivity index (χ2n) is 1.66. The molecule has 0 spiro atoms. The van der Waals surface area contributed by atoms with Gasteiger partial charge in [-0.05, 0) is 13.8 Å². The predicted octanol–water partition coefficient (Wildman–Crippen LogP) is 0.485. The fourth-order valence-corrected chi connectivity index (χ4v) is 0.285. The van der Waals surface area contributed by atoms with E-state index in [0.29, 0.717) is 0 Å². The molecule has 2 amide bonds. The summed E-state index contributed by atoms with van der Waals surface area (Å²) in [5.41, 5.74) is 4.74. The van der Waals surface area contributed by atoms with Crippen LogP contribution in [0.3, 0.4) is 0 Å². The molecule has 0 fully saturated rings. The molecule has 8 heavy (non-hydrogen) atoms. The fourth-order valence-electron chi connectivity index (χ4n) is 0.285. The third-order valence-corrected chi connectivity index (χ3v) is 0.431. The maximum absolute atomic E-state index is 9.92. The highest BCUT2D eigenvalue weighted by atomic mass is 35.5. The molecule has 0 aliphatic carbocycles. The first-order valence-corrected chi connectivity index (χ1v) is 2.19. The molecular formula is C4H11ClN2O. The van der Waals surface area contributed by atoms with Crippen LogP contribution in [0.5, 0.6) is 0 Å². The number of nitrogens with one attached hydrogen (secondary N) is 1. The van der Waals surface area contributed by atoms with E-state index in [0.717, 1.165) is 0 Å². The van der Waals surface area contributed by atoms with Gasteiger partial charge in [0.05, 0.1) is 0 Å². The second-order valence-corrected chi connectivity index (χ2v) is 1.66. The molecule has 0 rings (SSSR count). The van der Waals surface area contributed by atoms with E-state index >= 15 is 0 Å². The zero-order valence-corrected chi connectivity index (χ0v) is 5.79. The molecule has 50 valence electrons. The van der Waals surface area contributed by atoms with Gasteiger partial charge in [0, 0.05) is 6.04 Å². The average Bonchev–Trinajstić information content (AvgIpc) is 1.27. The number of hydrogen-bond acceptors (Lipinski definition) is 1. The van der Waals surface area contributed by atoms with Crippen molar-refractivity contribution in [1.82, 2.24) is 5.32 Å². The average molecular weight is 139 g/mol. The molecule has 0 aromatic rings. The number of nitrogens with two attached hydrogens (primary N) is 1. The summed E-state index contributed by atoms with van der Waals surface area (Å²) in [6.45, 7) is 3.70. The number of halogens is 1. The van der Waals surface area contributed by atoms with Gasteiger partial charge in [-0.3, -0.25) is 0 Å². The van der Waals surface area contributed by atoms with Gasteiger partial charge in [0.2, 0.25) is 0 Å². The number of primary amides is 1. The van der Waals surface area contributed by atoms with Gasteiger partial charge >= 0.3 is 6.03 Å². The summed E-state index contributed by atoms with van der Waals surface area (Å²) in [4.78, 5) is 9.92. The van der Waals surface area contributed by atoms with Crippen LogP contribution in [-0.2, 0) is 0 Å². The number of amides is 2. The normalized spacial score (nSPS) is 7.88. The molecule has 0 unspecified atom stereocenters. The maximum atomic E-state index is 9.92. The Morgan fingerprint density at radius 3 is 2.00 bits per heavy atom. The van der Waals surface area contributed by atoms with E-state index in [-0.39, 0.29) is 18.4 Å². The Bertz CT molecular complexity index is 74.4. The predicted molar refractivity (Wildman–Crippen MR) is 35.1 cm³/mol. The third-order valence-electron chi connectivity index (χ3n) is 0.431. The molecule has 0 aromatic carbocycles. The van der Waals surface area contributed by atoms with Crippen molar-refractivity contribution in [2.75, 3.05) is 0 Å². The monoisotopic (exact) mass is 138 g/mol. The van der Waals surface area contributed by atoms with Crippen molar-refractivity contribution in [3.05, 3.63) is 0 Å². The lowest BCUT2D eigenvalue weighted by Crippen LogP contribution is -2.34. The van der Waals surface area contributed by atoms with Gasteiger partial charge in [-0.1, -0.05) is 0 Å². The highest BCUT2D eigenvalue weighted by molar-refractivity contribution is 5.85. The molecule has 0 atom stereocenters. The minimum absolute atomic E-state index is 0. The van der Waals surface area contributed by atoms with E-state index in [1.807, 2.05) is 13.8 Å². The standard InChI is InChI=1S/C4H10N2O.ClH/c1-3(2)6-4(5)7;/h3H,1-2H3,(H3,5,6,7);1H. The zero-order chi connectivity index (χ0) is 5.86. The molecule has 0 aliphatic heterocycles. The molecule has 3 nitrogen and oxygen atoms in total. The Labute approximate surface area is 55.0 Å². The van der Waals surface area contributed by atoms with Crippen LogP contribution in [0.1, 0.15) is 13.8 Å².